The van der Waals surface area contributed by atoms with Crippen LogP contribution in [0.25, 0.3) is 38.8 Å². The van der Waals surface area contributed by atoms with Crippen molar-refractivity contribution in [1.82, 2.24) is 9.55 Å². The van der Waals surface area contributed by atoms with Gasteiger partial charge in [0.1, 0.15) is 11.5 Å². The molecule has 228 valence electrons. The number of aliphatic imine (C=N–C) groups is 1. The van der Waals surface area contributed by atoms with Crippen LogP contribution in [0, 0.1) is 19.1 Å². The molecule has 1 fully saturated rings. The van der Waals surface area contributed by atoms with Gasteiger partial charge in [0.2, 0.25) is 0 Å². The predicted molar refractivity (Wildman–Crippen MR) is 177 cm³/mol. The summed E-state index contributed by atoms with van der Waals surface area (Å²) in [6.07, 6.45) is 6.47. The number of aromatic nitrogens is 2. The summed E-state index contributed by atoms with van der Waals surface area (Å²) in [6.45, 7) is 15.6. The molecule has 1 aliphatic heterocycles. The van der Waals surface area contributed by atoms with Crippen molar-refractivity contribution < 1.29 is 25.8 Å². The molecule has 5 heteroatoms. The molecule has 4 nitrogen and oxygen atoms in total. The molecule has 1 aliphatic carbocycles. The fraction of sp³-hybridized carbons (Fsp3) is 0.385. The van der Waals surface area contributed by atoms with E-state index in [1.54, 1.807) is 0 Å². The maximum absolute atomic E-state index is 6.65. The van der Waals surface area contributed by atoms with E-state index in [1.807, 2.05) is 6.20 Å². The van der Waals surface area contributed by atoms with Crippen molar-refractivity contribution in [2.45, 2.75) is 97.1 Å². The minimum Gasteiger partial charge on any atom is -0.512 e. The third-order valence-corrected chi connectivity index (χ3v) is 9.46. The first-order chi connectivity index (χ1) is 20.5. The van der Waals surface area contributed by atoms with E-state index in [1.165, 1.54) is 40.3 Å². The molecule has 2 aliphatic rings. The summed E-state index contributed by atoms with van der Waals surface area (Å²) in [5, 5.41) is 2.39. The van der Waals surface area contributed by atoms with Gasteiger partial charge in [0, 0.05) is 11.7 Å². The van der Waals surface area contributed by atoms with Gasteiger partial charge in [-0.05, 0) is 84.4 Å². The van der Waals surface area contributed by atoms with Crippen molar-refractivity contribution in [3.05, 3.63) is 95.2 Å². The summed E-state index contributed by atoms with van der Waals surface area (Å²) < 4.78 is 8.97. The molecule has 1 saturated carbocycles. The number of fused-ring (bicyclic) bond motifs is 4. The topological polar surface area (TPSA) is 39.4 Å². The molecule has 2 atom stereocenters. The standard InChI is InChI=1S/C39H41N3O.Pt/c1-24(2)27-19-28(37-41-36-10-8-9-16-39(36,7)43-37)21-30(20-27)42-34-14-11-25(3)18-32(34)31-13-12-26(22-35(31)42)33-23-29(15-17-40-33)38(4,5)6;/h11-15,17-20,23-24,36H,8-10,16H2,1-7H3;/q-2;+2/t36-,39-;/m0./s1. The van der Waals surface area contributed by atoms with Crippen LogP contribution in [0.1, 0.15) is 95.4 Å². The van der Waals surface area contributed by atoms with E-state index in [2.05, 4.69) is 120 Å². The summed E-state index contributed by atoms with van der Waals surface area (Å²) in [5.41, 5.74) is 9.59. The smallest absolute Gasteiger partial charge is 0.512 e. The van der Waals surface area contributed by atoms with Crippen LogP contribution in [0.15, 0.2) is 65.8 Å². The van der Waals surface area contributed by atoms with Crippen molar-refractivity contribution in [2.24, 2.45) is 4.99 Å². The van der Waals surface area contributed by atoms with Gasteiger partial charge in [-0.1, -0.05) is 75.8 Å². The SMILES string of the molecule is Cc1ccc2c(c1)c1ccc(-c3cc(C(C)(C)C)ccn3)[c-]c1n2-c1[c-]c(C2=N[C@H]3CCCC[C@]3(C)O2)cc(C(C)C)c1.[Pt+2]. The van der Waals surface area contributed by atoms with Gasteiger partial charge in [-0.2, -0.15) is 0 Å². The van der Waals surface area contributed by atoms with Crippen molar-refractivity contribution in [3.63, 3.8) is 0 Å². The van der Waals surface area contributed by atoms with Gasteiger partial charge in [-0.15, -0.1) is 47.5 Å². The summed E-state index contributed by atoms with van der Waals surface area (Å²) >= 11 is 0. The molecule has 7 rings (SSSR count). The number of pyridine rings is 1. The Labute approximate surface area is 276 Å². The van der Waals surface area contributed by atoms with Crippen LogP contribution in [-0.4, -0.2) is 27.1 Å². The molecule has 0 spiro atoms. The Balaban J connectivity index is 0.00000343. The Bertz CT molecular complexity index is 1910. The van der Waals surface area contributed by atoms with Crippen LogP contribution >= 0.6 is 0 Å². The van der Waals surface area contributed by atoms with Crippen LogP contribution in [0.4, 0.5) is 0 Å². The second-order valence-electron chi connectivity index (χ2n) is 14.1. The van der Waals surface area contributed by atoms with Gasteiger partial charge in [0.25, 0.3) is 0 Å². The maximum atomic E-state index is 6.65. The van der Waals surface area contributed by atoms with Crippen LogP contribution in [0.2, 0.25) is 0 Å². The molecular weight excluding hydrogens is 722 g/mol. The summed E-state index contributed by atoms with van der Waals surface area (Å²) in [4.78, 5) is 9.90. The largest absolute Gasteiger partial charge is 2.00 e. The van der Waals surface area contributed by atoms with Crippen LogP contribution < -0.4 is 0 Å². The maximum Gasteiger partial charge on any atom is 2.00 e. The molecule has 0 N–H and O–H groups in total. The number of ether oxygens (including phenoxy) is 1. The van der Waals surface area contributed by atoms with Crippen molar-refractivity contribution in [2.75, 3.05) is 0 Å². The fourth-order valence-electron chi connectivity index (χ4n) is 6.77. The summed E-state index contributed by atoms with van der Waals surface area (Å²) in [6, 6.07) is 27.7. The van der Waals surface area contributed by atoms with E-state index in [-0.39, 0.29) is 38.1 Å². The van der Waals surface area contributed by atoms with Gasteiger partial charge < -0.3 is 14.3 Å². The summed E-state index contributed by atoms with van der Waals surface area (Å²) in [5.74, 6) is 1.08. The molecule has 2 aromatic heterocycles. The Hall–Kier alpha value is -3.23. The van der Waals surface area contributed by atoms with E-state index >= 15 is 0 Å². The van der Waals surface area contributed by atoms with Gasteiger partial charge in [0.15, 0.2) is 0 Å². The minimum absolute atomic E-state index is 0. The second-order valence-corrected chi connectivity index (χ2v) is 14.1. The first-order valence-corrected chi connectivity index (χ1v) is 15.8. The average molecular weight is 763 g/mol. The molecule has 0 radical (unpaired) electrons. The number of rotatable bonds is 4. The Kier molecular flexibility index (Phi) is 7.90. The fourth-order valence-corrected chi connectivity index (χ4v) is 6.77. The van der Waals surface area contributed by atoms with Crippen LogP contribution in [-0.2, 0) is 31.2 Å². The molecule has 3 heterocycles. The zero-order valence-electron chi connectivity index (χ0n) is 26.8. The third kappa shape index (κ3) is 5.34. The normalized spacial score (nSPS) is 20.0. The second kappa shape index (κ2) is 11.3. The van der Waals surface area contributed by atoms with Crippen molar-refractivity contribution in [1.29, 1.82) is 0 Å². The molecule has 0 saturated heterocycles. The Morgan fingerprint density at radius 3 is 2.52 bits per heavy atom. The van der Waals surface area contributed by atoms with Gasteiger partial charge >= 0.3 is 21.1 Å². The zero-order valence-corrected chi connectivity index (χ0v) is 29.1. The van der Waals surface area contributed by atoms with Gasteiger partial charge in [-0.3, -0.25) is 4.99 Å². The molecule has 0 bridgehead atoms. The van der Waals surface area contributed by atoms with Gasteiger partial charge in [-0.25, -0.2) is 0 Å². The third-order valence-electron chi connectivity index (χ3n) is 9.46. The zero-order chi connectivity index (χ0) is 30.1. The van der Waals surface area contributed by atoms with Crippen molar-refractivity contribution in [3.8, 4) is 16.9 Å². The van der Waals surface area contributed by atoms with Crippen LogP contribution in [0.5, 0.6) is 0 Å². The quantitative estimate of drug-likeness (QED) is 0.171. The van der Waals surface area contributed by atoms with E-state index in [0.29, 0.717) is 5.92 Å². The molecule has 0 unspecified atom stereocenters. The van der Waals surface area contributed by atoms with E-state index in [4.69, 9.17) is 14.7 Å². The summed E-state index contributed by atoms with van der Waals surface area (Å²) in [7, 11) is 0. The number of nitrogens with zero attached hydrogens (tertiary/aromatic N) is 3. The molecule has 0 amide bonds. The number of benzene rings is 3. The molecule has 3 aromatic carbocycles. The van der Waals surface area contributed by atoms with E-state index in [0.717, 1.165) is 52.3 Å². The Morgan fingerprint density at radius 1 is 0.955 bits per heavy atom. The van der Waals surface area contributed by atoms with E-state index < -0.39 is 0 Å². The Morgan fingerprint density at radius 2 is 1.77 bits per heavy atom. The molecule has 5 aromatic rings. The van der Waals surface area contributed by atoms with Gasteiger partial charge in [0.05, 0.1) is 6.04 Å². The average Bonchev–Trinajstić information content (AvgIpc) is 3.50. The number of aryl methyl sites for hydroxylation is 1. The molecular formula is C39H41N3OPt. The monoisotopic (exact) mass is 762 g/mol. The van der Waals surface area contributed by atoms with E-state index in [9.17, 15) is 0 Å². The predicted octanol–water partition coefficient (Wildman–Crippen LogP) is 9.65. The number of hydrogen-bond acceptors (Lipinski definition) is 3. The first-order valence-electron chi connectivity index (χ1n) is 15.8. The van der Waals surface area contributed by atoms with Crippen LogP contribution in [0.3, 0.4) is 0 Å². The first kappa shape index (κ1) is 30.8. The molecule has 44 heavy (non-hydrogen) atoms. The number of hydrogen-bond donors (Lipinski definition) is 0. The van der Waals surface area contributed by atoms with Crippen molar-refractivity contribution >= 4 is 27.7 Å². The minimum atomic E-state index is -0.211.